The number of nitrogens with zero attached hydrogens (tertiary/aromatic N) is 3. The molecule has 0 aliphatic heterocycles. The van der Waals surface area contributed by atoms with Gasteiger partial charge in [-0.2, -0.15) is 0 Å². The van der Waals surface area contributed by atoms with Crippen LogP contribution in [-0.2, 0) is 6.54 Å². The number of aromatic nitrogens is 3. The van der Waals surface area contributed by atoms with Gasteiger partial charge in [0.15, 0.2) is 11.6 Å². The van der Waals surface area contributed by atoms with Crippen molar-refractivity contribution in [2.75, 3.05) is 0 Å². The molecule has 1 aliphatic carbocycles. The second-order valence-corrected chi connectivity index (χ2v) is 6.80. The molecule has 0 bridgehead atoms. The summed E-state index contributed by atoms with van der Waals surface area (Å²) in [5, 5.41) is 12.7. The van der Waals surface area contributed by atoms with E-state index in [1.165, 1.54) is 37.5 Å². The van der Waals surface area contributed by atoms with Gasteiger partial charge >= 0.3 is 0 Å². The van der Waals surface area contributed by atoms with E-state index in [0.717, 1.165) is 18.7 Å². The van der Waals surface area contributed by atoms with E-state index in [9.17, 15) is 9.59 Å². The lowest BCUT2D eigenvalue weighted by atomic mass is 9.95. The molecule has 2 heterocycles. The average Bonchev–Trinajstić information content (AvgIpc) is 3.22. The first kappa shape index (κ1) is 15.9. The third-order valence-electron chi connectivity index (χ3n) is 4.23. The summed E-state index contributed by atoms with van der Waals surface area (Å²) < 4.78 is 2.09. The minimum absolute atomic E-state index is 0.0221. The predicted molar refractivity (Wildman–Crippen MR) is 87.6 cm³/mol. The number of amides is 1. The summed E-state index contributed by atoms with van der Waals surface area (Å²) in [6, 6.07) is 2.07. The standard InChI is InChI=1S/C16H20N4O2S/c1-11(21)14-7-12(9-23-14)16(22)17-8-15-19-18-10-20(15)13-5-3-2-4-6-13/h7,9-10,13H,2-6,8H2,1H3,(H,17,22). The van der Waals surface area contributed by atoms with Crippen LogP contribution in [0.2, 0.25) is 0 Å². The zero-order chi connectivity index (χ0) is 16.2. The molecule has 6 nitrogen and oxygen atoms in total. The Hall–Kier alpha value is -2.02. The number of carbonyl (C=O) groups excluding carboxylic acids is 2. The molecule has 0 radical (unpaired) electrons. The summed E-state index contributed by atoms with van der Waals surface area (Å²) in [5.41, 5.74) is 0.518. The van der Waals surface area contributed by atoms with Gasteiger partial charge in [0, 0.05) is 11.4 Å². The first-order valence-corrected chi connectivity index (χ1v) is 8.79. The van der Waals surface area contributed by atoms with E-state index in [4.69, 9.17) is 0 Å². The summed E-state index contributed by atoms with van der Waals surface area (Å²) in [6.45, 7) is 1.85. The quantitative estimate of drug-likeness (QED) is 0.854. The number of hydrogen-bond acceptors (Lipinski definition) is 5. The van der Waals surface area contributed by atoms with Gasteiger partial charge in [0.2, 0.25) is 0 Å². The highest BCUT2D eigenvalue weighted by Gasteiger charge is 2.19. The zero-order valence-electron chi connectivity index (χ0n) is 13.1. The second-order valence-electron chi connectivity index (χ2n) is 5.88. The number of hydrogen-bond donors (Lipinski definition) is 1. The number of nitrogens with one attached hydrogen (secondary N) is 1. The Bertz CT molecular complexity index is 701. The fourth-order valence-electron chi connectivity index (χ4n) is 2.96. The normalized spacial score (nSPS) is 15.5. The van der Waals surface area contributed by atoms with Crippen LogP contribution in [0.1, 0.15) is 70.9 Å². The third kappa shape index (κ3) is 3.67. The highest BCUT2D eigenvalue weighted by Crippen LogP contribution is 2.28. The van der Waals surface area contributed by atoms with Gasteiger partial charge in [0.1, 0.15) is 6.33 Å². The Labute approximate surface area is 138 Å². The van der Waals surface area contributed by atoms with Crippen molar-refractivity contribution < 1.29 is 9.59 Å². The molecule has 23 heavy (non-hydrogen) atoms. The van der Waals surface area contributed by atoms with Gasteiger partial charge in [0.05, 0.1) is 17.0 Å². The summed E-state index contributed by atoms with van der Waals surface area (Å²) >= 11 is 1.29. The van der Waals surface area contributed by atoms with Gasteiger partial charge in [-0.05, 0) is 25.8 Å². The van der Waals surface area contributed by atoms with Gasteiger partial charge in [-0.15, -0.1) is 21.5 Å². The monoisotopic (exact) mass is 332 g/mol. The van der Waals surface area contributed by atoms with Crippen molar-refractivity contribution >= 4 is 23.0 Å². The molecule has 0 spiro atoms. The van der Waals surface area contributed by atoms with E-state index >= 15 is 0 Å². The third-order valence-corrected chi connectivity index (χ3v) is 5.26. The molecule has 2 aromatic rings. The molecule has 0 aromatic carbocycles. The lowest BCUT2D eigenvalue weighted by Crippen LogP contribution is -2.25. The Kier molecular flexibility index (Phi) is 4.85. The maximum atomic E-state index is 12.2. The van der Waals surface area contributed by atoms with Crippen LogP contribution in [0, 0.1) is 0 Å². The highest BCUT2D eigenvalue weighted by atomic mass is 32.1. The van der Waals surface area contributed by atoms with Crippen molar-refractivity contribution in [3.8, 4) is 0 Å². The van der Waals surface area contributed by atoms with Crippen LogP contribution in [0.15, 0.2) is 17.8 Å². The van der Waals surface area contributed by atoms with Crippen molar-refractivity contribution in [1.29, 1.82) is 0 Å². The van der Waals surface area contributed by atoms with E-state index in [-0.39, 0.29) is 11.7 Å². The van der Waals surface area contributed by atoms with E-state index in [1.807, 2.05) is 0 Å². The summed E-state index contributed by atoms with van der Waals surface area (Å²) in [5.74, 6) is 0.574. The van der Waals surface area contributed by atoms with E-state index < -0.39 is 0 Å². The largest absolute Gasteiger partial charge is 0.345 e. The van der Waals surface area contributed by atoms with Gasteiger partial charge in [-0.1, -0.05) is 19.3 Å². The second kappa shape index (κ2) is 7.04. The van der Waals surface area contributed by atoms with Gasteiger partial charge in [-0.25, -0.2) is 0 Å². The van der Waals surface area contributed by atoms with Crippen molar-refractivity contribution in [2.45, 2.75) is 51.6 Å². The molecule has 3 rings (SSSR count). The molecule has 2 aromatic heterocycles. The smallest absolute Gasteiger partial charge is 0.252 e. The summed E-state index contributed by atoms with van der Waals surface area (Å²) in [4.78, 5) is 24.1. The first-order valence-electron chi connectivity index (χ1n) is 7.91. The molecule has 1 amide bonds. The molecule has 0 saturated heterocycles. The molecule has 122 valence electrons. The molecular weight excluding hydrogens is 312 g/mol. The fourth-order valence-corrected chi connectivity index (χ4v) is 3.75. The molecule has 1 N–H and O–H groups in total. The van der Waals surface area contributed by atoms with Crippen LogP contribution in [-0.4, -0.2) is 26.5 Å². The van der Waals surface area contributed by atoms with Crippen LogP contribution >= 0.6 is 11.3 Å². The van der Waals surface area contributed by atoms with Crippen LogP contribution in [0.25, 0.3) is 0 Å². The summed E-state index contributed by atoms with van der Waals surface area (Å²) in [7, 11) is 0. The minimum Gasteiger partial charge on any atom is -0.345 e. The average molecular weight is 332 g/mol. The highest BCUT2D eigenvalue weighted by molar-refractivity contribution is 7.12. The molecule has 1 saturated carbocycles. The van der Waals surface area contributed by atoms with Crippen molar-refractivity contribution in [3.63, 3.8) is 0 Å². The molecule has 0 atom stereocenters. The Morgan fingerprint density at radius 1 is 1.35 bits per heavy atom. The van der Waals surface area contributed by atoms with Gasteiger partial charge in [-0.3, -0.25) is 9.59 Å². The maximum Gasteiger partial charge on any atom is 0.252 e. The van der Waals surface area contributed by atoms with Gasteiger partial charge < -0.3 is 9.88 Å². The van der Waals surface area contributed by atoms with Crippen LogP contribution < -0.4 is 5.32 Å². The van der Waals surface area contributed by atoms with E-state index in [2.05, 4.69) is 20.1 Å². The maximum absolute atomic E-state index is 12.2. The molecule has 1 fully saturated rings. The number of Topliss-reactive ketones (excluding diaryl/α,β-unsaturated/α-hetero) is 1. The van der Waals surface area contributed by atoms with Gasteiger partial charge in [0.25, 0.3) is 5.91 Å². The van der Waals surface area contributed by atoms with Crippen molar-refractivity contribution in [3.05, 3.63) is 34.0 Å². The van der Waals surface area contributed by atoms with Crippen molar-refractivity contribution in [2.24, 2.45) is 0 Å². The molecule has 0 unspecified atom stereocenters. The predicted octanol–water partition coefficient (Wildman–Crippen LogP) is 2.98. The SMILES string of the molecule is CC(=O)c1cc(C(=O)NCc2nncn2C2CCCCC2)cs1. The summed E-state index contributed by atoms with van der Waals surface area (Å²) in [6.07, 6.45) is 7.81. The Balaban J connectivity index is 1.62. The lowest BCUT2D eigenvalue weighted by Gasteiger charge is -2.23. The first-order chi connectivity index (χ1) is 11.1. The Morgan fingerprint density at radius 2 is 2.13 bits per heavy atom. The topological polar surface area (TPSA) is 76.9 Å². The zero-order valence-corrected chi connectivity index (χ0v) is 13.9. The number of carbonyl (C=O) groups is 2. The lowest BCUT2D eigenvalue weighted by molar-refractivity contribution is 0.0949. The fraction of sp³-hybridized carbons (Fsp3) is 0.500. The number of thiophene rings is 1. The molecular formula is C16H20N4O2S. The number of ketones is 1. The van der Waals surface area contributed by atoms with Crippen LogP contribution in [0.5, 0.6) is 0 Å². The molecule has 7 heteroatoms. The van der Waals surface area contributed by atoms with E-state index in [0.29, 0.717) is 23.0 Å². The minimum atomic E-state index is -0.188. The Morgan fingerprint density at radius 3 is 2.83 bits per heavy atom. The van der Waals surface area contributed by atoms with E-state index in [1.54, 1.807) is 17.8 Å². The van der Waals surface area contributed by atoms with Crippen LogP contribution in [0.3, 0.4) is 0 Å². The molecule has 1 aliphatic rings. The van der Waals surface area contributed by atoms with Crippen LogP contribution in [0.4, 0.5) is 0 Å². The number of rotatable bonds is 5. The van der Waals surface area contributed by atoms with Crippen molar-refractivity contribution in [1.82, 2.24) is 20.1 Å².